The van der Waals surface area contributed by atoms with Crippen LogP contribution in [0.2, 0.25) is 0 Å². The number of amides is 3. The average molecular weight is 445 g/mol. The Morgan fingerprint density at radius 2 is 1.69 bits per heavy atom. The Morgan fingerprint density at radius 1 is 0.938 bits per heavy atom. The summed E-state index contributed by atoms with van der Waals surface area (Å²) in [5.74, 6) is -0.430. The molecule has 1 fully saturated rings. The number of imide groups is 1. The van der Waals surface area contributed by atoms with Crippen LogP contribution in [0.15, 0.2) is 78.9 Å². The maximum atomic E-state index is 12.5. The smallest absolute Gasteiger partial charge is 0.286 e. The monoisotopic (exact) mass is 444 g/mol. The summed E-state index contributed by atoms with van der Waals surface area (Å²) in [6, 6.07) is 25.8. The van der Waals surface area contributed by atoms with Gasteiger partial charge in [-0.3, -0.25) is 19.7 Å². The first-order valence-electron chi connectivity index (χ1n) is 10.5. The number of hydrogen-bond donors (Lipinski definition) is 2. The maximum Gasteiger partial charge on any atom is 0.286 e. The number of hydrogen-bond acceptors (Lipinski definition) is 4. The van der Waals surface area contributed by atoms with Crippen LogP contribution in [0.25, 0.3) is 11.1 Å². The molecule has 0 aromatic heterocycles. The Balaban J connectivity index is 1.38. The van der Waals surface area contributed by atoms with E-state index >= 15 is 0 Å². The Hall–Kier alpha value is -3.38. The average Bonchev–Trinajstić information content (AvgIpc) is 3.14. The molecule has 0 radical (unpaired) electrons. The van der Waals surface area contributed by atoms with Gasteiger partial charge < -0.3 is 5.32 Å². The van der Waals surface area contributed by atoms with Crippen LogP contribution in [-0.2, 0) is 22.6 Å². The van der Waals surface area contributed by atoms with Gasteiger partial charge in [-0.25, -0.2) is 0 Å². The highest BCUT2D eigenvalue weighted by atomic mass is 32.2. The van der Waals surface area contributed by atoms with E-state index < -0.39 is 0 Å². The highest BCUT2D eigenvalue weighted by Crippen LogP contribution is 2.25. The summed E-state index contributed by atoms with van der Waals surface area (Å²) in [5, 5.41) is 4.71. The molecule has 0 bridgehead atoms. The lowest BCUT2D eigenvalue weighted by molar-refractivity contribution is -0.122. The molecular formula is C26H24N2O3S. The molecule has 1 aliphatic heterocycles. The fraction of sp³-hybridized carbons (Fsp3) is 0.192. The highest BCUT2D eigenvalue weighted by Gasteiger charge is 2.31. The van der Waals surface area contributed by atoms with Crippen molar-refractivity contribution in [3.63, 3.8) is 0 Å². The van der Waals surface area contributed by atoms with Crippen molar-refractivity contribution < 1.29 is 14.4 Å². The van der Waals surface area contributed by atoms with Gasteiger partial charge in [-0.15, -0.1) is 0 Å². The Kier molecular flexibility index (Phi) is 6.71. The number of benzene rings is 3. The molecule has 2 atom stereocenters. The van der Waals surface area contributed by atoms with E-state index in [2.05, 4.69) is 16.7 Å². The third-order valence-corrected chi connectivity index (χ3v) is 6.54. The second kappa shape index (κ2) is 9.83. The molecular weight excluding hydrogens is 420 g/mol. The van der Waals surface area contributed by atoms with Gasteiger partial charge in [0.2, 0.25) is 11.8 Å². The van der Waals surface area contributed by atoms with Crippen LogP contribution in [0.1, 0.15) is 29.5 Å². The minimum Gasteiger partial charge on any atom is -0.352 e. The highest BCUT2D eigenvalue weighted by molar-refractivity contribution is 8.15. The summed E-state index contributed by atoms with van der Waals surface area (Å²) in [5.41, 5.74) is 5.14. The van der Waals surface area contributed by atoms with E-state index in [0.29, 0.717) is 13.0 Å². The zero-order valence-corrected chi connectivity index (χ0v) is 18.5. The quantitative estimate of drug-likeness (QED) is 0.555. The lowest BCUT2D eigenvalue weighted by Gasteiger charge is -2.13. The molecule has 2 unspecified atom stereocenters. The minimum atomic E-state index is -0.362. The molecule has 1 aliphatic rings. The van der Waals surface area contributed by atoms with Gasteiger partial charge in [0.1, 0.15) is 0 Å². The molecule has 6 heteroatoms. The molecule has 32 heavy (non-hydrogen) atoms. The molecule has 3 aromatic carbocycles. The number of carbonyl (C=O) groups is 3. The molecule has 0 spiro atoms. The van der Waals surface area contributed by atoms with Crippen molar-refractivity contribution in [2.75, 3.05) is 0 Å². The standard InChI is InChI=1S/C26H24N2O3S/c1-17(20-7-3-2-4-8-20)24(29)27-16-19-6-5-9-22(14-19)21-12-10-18(11-13-21)15-23-25(30)28-26(31)32-23/h2-14,17,23H,15-16H2,1H3,(H,27,29)(H,28,30,31). The molecule has 162 valence electrons. The van der Waals surface area contributed by atoms with Crippen LogP contribution in [0, 0.1) is 0 Å². The van der Waals surface area contributed by atoms with E-state index in [1.807, 2.05) is 79.7 Å². The fourth-order valence-corrected chi connectivity index (χ4v) is 4.53. The zero-order valence-electron chi connectivity index (χ0n) is 17.7. The van der Waals surface area contributed by atoms with Crippen molar-refractivity contribution in [2.24, 2.45) is 0 Å². The van der Waals surface area contributed by atoms with Crippen molar-refractivity contribution in [1.82, 2.24) is 10.6 Å². The van der Waals surface area contributed by atoms with Crippen molar-refractivity contribution >= 4 is 28.8 Å². The first-order chi connectivity index (χ1) is 15.5. The summed E-state index contributed by atoms with van der Waals surface area (Å²) < 4.78 is 0. The molecule has 3 aromatic rings. The van der Waals surface area contributed by atoms with E-state index in [1.54, 1.807) is 0 Å². The van der Waals surface area contributed by atoms with Crippen molar-refractivity contribution in [1.29, 1.82) is 0 Å². The normalized spacial score (nSPS) is 16.5. The molecule has 0 saturated carbocycles. The first-order valence-corrected chi connectivity index (χ1v) is 11.4. The summed E-state index contributed by atoms with van der Waals surface area (Å²) in [7, 11) is 0. The zero-order chi connectivity index (χ0) is 22.5. The van der Waals surface area contributed by atoms with Crippen LogP contribution >= 0.6 is 11.8 Å². The van der Waals surface area contributed by atoms with Gasteiger partial charge in [0.25, 0.3) is 5.24 Å². The second-order valence-electron chi connectivity index (χ2n) is 7.83. The van der Waals surface area contributed by atoms with E-state index in [9.17, 15) is 14.4 Å². The van der Waals surface area contributed by atoms with Gasteiger partial charge in [0, 0.05) is 6.54 Å². The number of carbonyl (C=O) groups excluding carboxylic acids is 3. The topological polar surface area (TPSA) is 75.3 Å². The predicted octanol–water partition coefficient (Wildman–Crippen LogP) is 4.67. The van der Waals surface area contributed by atoms with Crippen LogP contribution in [0.4, 0.5) is 4.79 Å². The van der Waals surface area contributed by atoms with Crippen LogP contribution in [0.3, 0.4) is 0 Å². The summed E-state index contributed by atoms with van der Waals surface area (Å²) in [4.78, 5) is 35.6. The number of rotatable bonds is 7. The SMILES string of the molecule is CC(C(=O)NCc1cccc(-c2ccc(CC3SC(=O)NC3=O)cc2)c1)c1ccccc1. The largest absolute Gasteiger partial charge is 0.352 e. The van der Waals surface area contributed by atoms with Crippen LogP contribution in [-0.4, -0.2) is 22.3 Å². The van der Waals surface area contributed by atoms with Crippen LogP contribution in [0.5, 0.6) is 0 Å². The van der Waals surface area contributed by atoms with Gasteiger partial charge in [-0.1, -0.05) is 84.6 Å². The number of nitrogens with one attached hydrogen (secondary N) is 2. The van der Waals surface area contributed by atoms with Crippen molar-refractivity contribution in [3.8, 4) is 11.1 Å². The maximum absolute atomic E-state index is 12.5. The third kappa shape index (κ3) is 5.26. The lowest BCUT2D eigenvalue weighted by Crippen LogP contribution is -2.27. The summed E-state index contributed by atoms with van der Waals surface area (Å²) >= 11 is 1.05. The third-order valence-electron chi connectivity index (χ3n) is 5.56. The number of thioether (sulfide) groups is 1. The van der Waals surface area contributed by atoms with Gasteiger partial charge >= 0.3 is 0 Å². The first kappa shape index (κ1) is 21.8. The molecule has 1 saturated heterocycles. The van der Waals surface area contributed by atoms with E-state index in [1.165, 1.54) is 0 Å². The van der Waals surface area contributed by atoms with Gasteiger partial charge in [-0.05, 0) is 47.2 Å². The van der Waals surface area contributed by atoms with Crippen molar-refractivity contribution in [2.45, 2.75) is 31.1 Å². The Morgan fingerprint density at radius 3 is 2.38 bits per heavy atom. The Labute approximate surface area is 191 Å². The molecule has 1 heterocycles. The summed E-state index contributed by atoms with van der Waals surface area (Å²) in [6.07, 6.45) is 0.522. The minimum absolute atomic E-state index is 0.00161. The fourth-order valence-electron chi connectivity index (χ4n) is 3.67. The molecule has 4 rings (SSSR count). The Bertz CT molecular complexity index is 1130. The molecule has 3 amide bonds. The predicted molar refractivity (Wildman–Crippen MR) is 127 cm³/mol. The van der Waals surface area contributed by atoms with Gasteiger partial charge in [-0.2, -0.15) is 0 Å². The molecule has 0 aliphatic carbocycles. The van der Waals surface area contributed by atoms with E-state index in [0.717, 1.165) is 39.6 Å². The lowest BCUT2D eigenvalue weighted by atomic mass is 9.99. The van der Waals surface area contributed by atoms with Crippen molar-refractivity contribution in [3.05, 3.63) is 95.6 Å². The molecule has 2 N–H and O–H groups in total. The van der Waals surface area contributed by atoms with E-state index in [-0.39, 0.29) is 28.2 Å². The molecule has 5 nitrogen and oxygen atoms in total. The summed E-state index contributed by atoms with van der Waals surface area (Å²) in [6.45, 7) is 2.37. The van der Waals surface area contributed by atoms with E-state index in [4.69, 9.17) is 0 Å². The second-order valence-corrected chi connectivity index (χ2v) is 9.01. The van der Waals surface area contributed by atoms with Gasteiger partial charge in [0.05, 0.1) is 11.2 Å². The van der Waals surface area contributed by atoms with Gasteiger partial charge in [0.15, 0.2) is 0 Å². The van der Waals surface area contributed by atoms with Crippen LogP contribution < -0.4 is 10.6 Å².